The Kier molecular flexibility index (Phi) is 4.58. The van der Waals surface area contributed by atoms with Crippen LogP contribution in [0.25, 0.3) is 16.9 Å². The molecule has 0 amide bonds. The molecule has 2 fully saturated rings. The minimum Gasteiger partial charge on any atom is -0.378 e. The number of fused-ring (bicyclic) bond motifs is 1. The largest absolute Gasteiger partial charge is 0.378 e. The predicted octanol–water partition coefficient (Wildman–Crippen LogP) is 1.77. The standard InChI is InChI=1S/C20H24N6O2/c1-15-18(16-2-3-21-17(14-16)24-6-10-27-11-7-24)26-5-4-22-19(20(26)23-15)25-8-12-28-13-9-25/h2-5,14H,6-13H2,1H3. The van der Waals surface area contributed by atoms with Crippen molar-refractivity contribution in [2.45, 2.75) is 6.92 Å². The summed E-state index contributed by atoms with van der Waals surface area (Å²) in [6.45, 7) is 8.41. The summed E-state index contributed by atoms with van der Waals surface area (Å²) in [7, 11) is 0. The minimum absolute atomic E-state index is 0.725. The molecule has 8 heteroatoms. The molecular formula is C20H24N6O2. The highest BCUT2D eigenvalue weighted by atomic mass is 16.5. The lowest BCUT2D eigenvalue weighted by Gasteiger charge is -2.28. The Hall–Kier alpha value is -2.71. The number of imidazole rings is 1. The minimum atomic E-state index is 0.725. The van der Waals surface area contributed by atoms with Gasteiger partial charge in [-0.05, 0) is 19.1 Å². The first kappa shape index (κ1) is 17.4. The van der Waals surface area contributed by atoms with Gasteiger partial charge in [-0.15, -0.1) is 0 Å². The van der Waals surface area contributed by atoms with Crippen molar-refractivity contribution in [2.24, 2.45) is 0 Å². The van der Waals surface area contributed by atoms with Crippen LogP contribution in [0.4, 0.5) is 11.6 Å². The lowest BCUT2D eigenvalue weighted by atomic mass is 10.1. The molecule has 2 saturated heterocycles. The van der Waals surface area contributed by atoms with E-state index in [4.69, 9.17) is 14.5 Å². The van der Waals surface area contributed by atoms with E-state index in [-0.39, 0.29) is 0 Å². The maximum Gasteiger partial charge on any atom is 0.181 e. The summed E-state index contributed by atoms with van der Waals surface area (Å²) >= 11 is 0. The second kappa shape index (κ2) is 7.37. The highest BCUT2D eigenvalue weighted by Crippen LogP contribution is 2.30. The highest BCUT2D eigenvalue weighted by molar-refractivity contribution is 5.74. The van der Waals surface area contributed by atoms with Crippen molar-refractivity contribution in [3.05, 3.63) is 36.4 Å². The fourth-order valence-corrected chi connectivity index (χ4v) is 3.95. The molecular weight excluding hydrogens is 356 g/mol. The zero-order chi connectivity index (χ0) is 18.9. The van der Waals surface area contributed by atoms with E-state index in [1.807, 2.05) is 18.6 Å². The topological polar surface area (TPSA) is 68.0 Å². The zero-order valence-corrected chi connectivity index (χ0v) is 16.0. The first-order valence-electron chi connectivity index (χ1n) is 9.77. The van der Waals surface area contributed by atoms with Gasteiger partial charge >= 0.3 is 0 Å². The van der Waals surface area contributed by atoms with Crippen LogP contribution in [-0.4, -0.2) is 72.0 Å². The number of hydrogen-bond acceptors (Lipinski definition) is 7. The number of nitrogens with zero attached hydrogens (tertiary/aromatic N) is 6. The summed E-state index contributed by atoms with van der Waals surface area (Å²) in [6, 6.07) is 4.20. The van der Waals surface area contributed by atoms with E-state index in [2.05, 4.69) is 43.2 Å². The molecule has 0 bridgehead atoms. The molecule has 3 aromatic rings. The van der Waals surface area contributed by atoms with Gasteiger partial charge in [0.15, 0.2) is 11.5 Å². The molecule has 0 unspecified atom stereocenters. The molecule has 5 rings (SSSR count). The van der Waals surface area contributed by atoms with Gasteiger partial charge in [-0.25, -0.2) is 15.0 Å². The van der Waals surface area contributed by atoms with Gasteiger partial charge in [0.05, 0.1) is 37.8 Å². The molecule has 2 aliphatic heterocycles. The quantitative estimate of drug-likeness (QED) is 0.686. The molecule has 0 radical (unpaired) electrons. The van der Waals surface area contributed by atoms with Gasteiger partial charge in [-0.3, -0.25) is 4.40 Å². The maximum atomic E-state index is 5.49. The zero-order valence-electron chi connectivity index (χ0n) is 16.0. The van der Waals surface area contributed by atoms with Crippen molar-refractivity contribution in [1.29, 1.82) is 0 Å². The molecule has 2 aliphatic rings. The van der Waals surface area contributed by atoms with Crippen molar-refractivity contribution < 1.29 is 9.47 Å². The molecule has 0 saturated carbocycles. The van der Waals surface area contributed by atoms with E-state index in [0.29, 0.717) is 0 Å². The molecule has 0 aromatic carbocycles. The lowest BCUT2D eigenvalue weighted by Crippen LogP contribution is -2.37. The van der Waals surface area contributed by atoms with Crippen molar-refractivity contribution in [2.75, 3.05) is 62.4 Å². The van der Waals surface area contributed by atoms with E-state index in [1.54, 1.807) is 0 Å². The first-order valence-corrected chi connectivity index (χ1v) is 9.77. The number of aromatic nitrogens is 4. The van der Waals surface area contributed by atoms with E-state index < -0.39 is 0 Å². The Morgan fingerprint density at radius 2 is 1.61 bits per heavy atom. The van der Waals surface area contributed by atoms with E-state index in [0.717, 1.165) is 86.8 Å². The van der Waals surface area contributed by atoms with Crippen molar-refractivity contribution in [3.8, 4) is 11.3 Å². The van der Waals surface area contributed by atoms with Crippen molar-refractivity contribution in [3.63, 3.8) is 0 Å². The van der Waals surface area contributed by atoms with Gasteiger partial charge in [-0.1, -0.05) is 0 Å². The Labute approximate surface area is 163 Å². The molecule has 28 heavy (non-hydrogen) atoms. The van der Waals surface area contributed by atoms with Crippen LogP contribution in [-0.2, 0) is 9.47 Å². The van der Waals surface area contributed by atoms with Gasteiger partial charge in [0, 0.05) is 50.3 Å². The molecule has 0 N–H and O–H groups in total. The van der Waals surface area contributed by atoms with Crippen LogP contribution in [0.15, 0.2) is 30.7 Å². The lowest BCUT2D eigenvalue weighted by molar-refractivity contribution is 0.122. The fraction of sp³-hybridized carbons (Fsp3) is 0.450. The number of morpholine rings is 2. The molecule has 0 atom stereocenters. The van der Waals surface area contributed by atoms with E-state index in [1.165, 1.54) is 0 Å². The van der Waals surface area contributed by atoms with Crippen LogP contribution >= 0.6 is 0 Å². The highest BCUT2D eigenvalue weighted by Gasteiger charge is 2.21. The molecule has 0 spiro atoms. The number of hydrogen-bond donors (Lipinski definition) is 0. The number of anilines is 2. The van der Waals surface area contributed by atoms with Crippen molar-refractivity contribution >= 4 is 17.3 Å². The second-order valence-corrected chi connectivity index (χ2v) is 7.09. The normalized spacial score (nSPS) is 18.0. The third-order valence-electron chi connectivity index (χ3n) is 5.36. The summed E-state index contributed by atoms with van der Waals surface area (Å²) in [6.07, 6.45) is 5.72. The van der Waals surface area contributed by atoms with Crippen LogP contribution < -0.4 is 9.80 Å². The van der Waals surface area contributed by atoms with Crippen LogP contribution in [0.3, 0.4) is 0 Å². The van der Waals surface area contributed by atoms with E-state index >= 15 is 0 Å². The fourth-order valence-electron chi connectivity index (χ4n) is 3.95. The van der Waals surface area contributed by atoms with Gasteiger partial charge in [0.2, 0.25) is 0 Å². The molecule has 8 nitrogen and oxygen atoms in total. The second-order valence-electron chi connectivity index (χ2n) is 7.09. The predicted molar refractivity (Wildman–Crippen MR) is 107 cm³/mol. The molecule has 5 heterocycles. The SMILES string of the molecule is Cc1nc2c(N3CCOCC3)nccn2c1-c1ccnc(N2CCOCC2)c1. The maximum absolute atomic E-state index is 5.49. The van der Waals surface area contributed by atoms with E-state index in [9.17, 15) is 0 Å². The van der Waals surface area contributed by atoms with Crippen LogP contribution in [0.1, 0.15) is 5.69 Å². The Balaban J connectivity index is 1.57. The van der Waals surface area contributed by atoms with Gasteiger partial charge < -0.3 is 19.3 Å². The summed E-state index contributed by atoms with van der Waals surface area (Å²) in [5.41, 5.74) is 4.08. The Morgan fingerprint density at radius 3 is 2.36 bits per heavy atom. The van der Waals surface area contributed by atoms with Gasteiger partial charge in [0.25, 0.3) is 0 Å². The smallest absolute Gasteiger partial charge is 0.181 e. The summed E-state index contributed by atoms with van der Waals surface area (Å²) in [4.78, 5) is 18.6. The molecule has 0 aliphatic carbocycles. The summed E-state index contributed by atoms with van der Waals surface area (Å²) < 4.78 is 13.1. The van der Waals surface area contributed by atoms with Crippen molar-refractivity contribution in [1.82, 2.24) is 19.4 Å². The average Bonchev–Trinajstić information content (AvgIpc) is 3.11. The van der Waals surface area contributed by atoms with Crippen LogP contribution in [0.5, 0.6) is 0 Å². The van der Waals surface area contributed by atoms with Crippen LogP contribution in [0.2, 0.25) is 0 Å². The molecule has 3 aromatic heterocycles. The third-order valence-corrected chi connectivity index (χ3v) is 5.36. The monoisotopic (exact) mass is 380 g/mol. The average molecular weight is 380 g/mol. The first-order chi connectivity index (χ1) is 13.8. The summed E-state index contributed by atoms with van der Waals surface area (Å²) in [5, 5.41) is 0. The number of pyridine rings is 1. The number of rotatable bonds is 3. The van der Waals surface area contributed by atoms with Crippen LogP contribution in [0, 0.1) is 6.92 Å². The summed E-state index contributed by atoms with van der Waals surface area (Å²) in [5.74, 6) is 1.90. The number of ether oxygens (including phenoxy) is 2. The van der Waals surface area contributed by atoms with Gasteiger partial charge in [0.1, 0.15) is 5.82 Å². The third kappa shape index (κ3) is 3.08. The molecule has 146 valence electrons. The Morgan fingerprint density at radius 1 is 0.893 bits per heavy atom. The number of aryl methyl sites for hydroxylation is 1. The Bertz CT molecular complexity index is 976. The van der Waals surface area contributed by atoms with Gasteiger partial charge in [-0.2, -0.15) is 0 Å².